The van der Waals surface area contributed by atoms with Crippen LogP contribution in [0.4, 0.5) is 4.39 Å². The van der Waals surface area contributed by atoms with Crippen LogP contribution < -0.4 is 5.32 Å². The number of nitrogens with one attached hydrogen (secondary N) is 1. The summed E-state index contributed by atoms with van der Waals surface area (Å²) >= 11 is 0. The highest BCUT2D eigenvalue weighted by atomic mass is 19.1. The van der Waals surface area contributed by atoms with Crippen LogP contribution in [0, 0.1) is 5.82 Å². The Bertz CT molecular complexity index is 751. The van der Waals surface area contributed by atoms with E-state index in [-0.39, 0.29) is 17.3 Å². The summed E-state index contributed by atoms with van der Waals surface area (Å²) in [7, 11) is 0. The van der Waals surface area contributed by atoms with Gasteiger partial charge in [-0.15, -0.1) is 0 Å². The molecule has 1 N–H and O–H groups in total. The number of likely N-dealkylation sites (tertiary alicyclic amines) is 1. The summed E-state index contributed by atoms with van der Waals surface area (Å²) in [5.41, 5.74) is 0.824. The van der Waals surface area contributed by atoms with Gasteiger partial charge in [-0.25, -0.2) is 4.39 Å². The van der Waals surface area contributed by atoms with E-state index in [0.29, 0.717) is 19.0 Å². The second-order valence-electron chi connectivity index (χ2n) is 7.57. The third-order valence-electron chi connectivity index (χ3n) is 5.97. The molecule has 4 rings (SSSR count). The number of hydrogen-bond donors (Lipinski definition) is 1. The van der Waals surface area contributed by atoms with Gasteiger partial charge in [-0.2, -0.15) is 0 Å². The molecule has 0 atom stereocenters. The molecule has 0 radical (unpaired) electrons. The number of rotatable bonds is 5. The molecule has 2 aromatic rings. The monoisotopic (exact) mass is 356 g/mol. The number of benzene rings is 1. The van der Waals surface area contributed by atoms with Gasteiger partial charge in [0, 0.05) is 24.5 Å². The van der Waals surface area contributed by atoms with Crippen LogP contribution in [0.25, 0.3) is 0 Å². The first-order valence-corrected chi connectivity index (χ1v) is 9.45. The molecular formula is C21H25FN2O2. The predicted octanol–water partition coefficient (Wildman–Crippen LogP) is 4.01. The number of furan rings is 1. The maximum Gasteiger partial charge on any atom is 0.223 e. The molecule has 1 aliphatic heterocycles. The van der Waals surface area contributed by atoms with Crippen molar-refractivity contribution < 1.29 is 13.6 Å². The molecule has 1 aromatic carbocycles. The highest BCUT2D eigenvalue weighted by molar-refractivity contribution is 5.79. The van der Waals surface area contributed by atoms with Gasteiger partial charge in [0.2, 0.25) is 5.91 Å². The van der Waals surface area contributed by atoms with Crippen LogP contribution in [0.2, 0.25) is 0 Å². The zero-order valence-electron chi connectivity index (χ0n) is 14.9. The smallest absolute Gasteiger partial charge is 0.223 e. The summed E-state index contributed by atoms with van der Waals surface area (Å²) < 4.78 is 18.9. The highest BCUT2D eigenvalue weighted by Crippen LogP contribution is 2.43. The van der Waals surface area contributed by atoms with Crippen molar-refractivity contribution >= 4 is 5.91 Å². The molecule has 2 aliphatic rings. The number of nitrogens with zero attached hydrogens (tertiary/aromatic N) is 1. The molecular weight excluding hydrogens is 331 g/mol. The van der Waals surface area contributed by atoms with Gasteiger partial charge in [0.1, 0.15) is 11.6 Å². The number of carbonyl (C=O) groups is 1. The molecule has 2 heterocycles. The van der Waals surface area contributed by atoms with Crippen LogP contribution in [0.5, 0.6) is 0 Å². The first-order valence-electron chi connectivity index (χ1n) is 9.45. The summed E-state index contributed by atoms with van der Waals surface area (Å²) in [6, 6.07) is 10.9. The van der Waals surface area contributed by atoms with E-state index < -0.39 is 0 Å². The lowest BCUT2D eigenvalue weighted by atomic mass is 9.77. The van der Waals surface area contributed by atoms with Crippen LogP contribution in [-0.2, 0) is 17.9 Å². The lowest BCUT2D eigenvalue weighted by molar-refractivity contribution is -0.133. The van der Waals surface area contributed by atoms with Gasteiger partial charge < -0.3 is 14.6 Å². The zero-order valence-corrected chi connectivity index (χ0v) is 14.9. The molecule has 4 nitrogen and oxygen atoms in total. The fraction of sp³-hybridized carbons (Fsp3) is 0.476. The first kappa shape index (κ1) is 17.3. The highest BCUT2D eigenvalue weighted by Gasteiger charge is 2.46. The second-order valence-corrected chi connectivity index (χ2v) is 7.57. The van der Waals surface area contributed by atoms with E-state index in [1.165, 1.54) is 12.1 Å². The van der Waals surface area contributed by atoms with Gasteiger partial charge in [0.05, 0.1) is 12.8 Å². The van der Waals surface area contributed by atoms with Gasteiger partial charge in [-0.1, -0.05) is 12.1 Å². The fourth-order valence-electron chi connectivity index (χ4n) is 4.49. The fourth-order valence-corrected chi connectivity index (χ4v) is 4.49. The van der Waals surface area contributed by atoms with Crippen molar-refractivity contribution in [3.8, 4) is 0 Å². The zero-order chi connectivity index (χ0) is 18.0. The van der Waals surface area contributed by atoms with Gasteiger partial charge in [-0.3, -0.25) is 4.79 Å². The van der Waals surface area contributed by atoms with E-state index in [4.69, 9.17) is 4.42 Å². The molecule has 26 heavy (non-hydrogen) atoms. The molecule has 138 valence electrons. The van der Waals surface area contributed by atoms with Crippen molar-refractivity contribution in [3.05, 3.63) is 59.8 Å². The topological polar surface area (TPSA) is 45.5 Å². The maximum atomic E-state index is 13.5. The van der Waals surface area contributed by atoms with Crippen molar-refractivity contribution in [2.24, 2.45) is 0 Å². The van der Waals surface area contributed by atoms with Gasteiger partial charge >= 0.3 is 0 Å². The number of hydrogen-bond acceptors (Lipinski definition) is 3. The largest absolute Gasteiger partial charge is 0.468 e. The average Bonchev–Trinajstić information content (AvgIpc) is 3.26. The number of carbonyl (C=O) groups excluding carboxylic acids is 1. The maximum absolute atomic E-state index is 13.5. The van der Waals surface area contributed by atoms with Crippen molar-refractivity contribution in [1.82, 2.24) is 10.2 Å². The van der Waals surface area contributed by atoms with Crippen molar-refractivity contribution in [2.75, 3.05) is 0 Å². The quantitative estimate of drug-likeness (QED) is 0.880. The van der Waals surface area contributed by atoms with Crippen LogP contribution in [0.3, 0.4) is 0 Å². The lowest BCUT2D eigenvalue weighted by Gasteiger charge is -2.44. The van der Waals surface area contributed by atoms with E-state index >= 15 is 0 Å². The minimum Gasteiger partial charge on any atom is -0.468 e. The molecule has 1 aliphatic carbocycles. The van der Waals surface area contributed by atoms with E-state index in [0.717, 1.165) is 50.0 Å². The molecule has 1 saturated carbocycles. The second kappa shape index (κ2) is 7.23. The minimum atomic E-state index is -0.242. The Labute approximate surface area is 153 Å². The van der Waals surface area contributed by atoms with Crippen LogP contribution in [0.1, 0.15) is 49.8 Å². The summed E-state index contributed by atoms with van der Waals surface area (Å²) in [6.07, 6.45) is 7.34. The molecule has 1 saturated heterocycles. The van der Waals surface area contributed by atoms with Gasteiger partial charge in [0.15, 0.2) is 0 Å². The molecule has 0 bridgehead atoms. The molecule has 2 fully saturated rings. The first-order chi connectivity index (χ1) is 12.6. The van der Waals surface area contributed by atoms with Crippen LogP contribution >= 0.6 is 0 Å². The van der Waals surface area contributed by atoms with Crippen molar-refractivity contribution in [2.45, 2.75) is 63.2 Å². The molecule has 0 unspecified atom stereocenters. The van der Waals surface area contributed by atoms with E-state index in [9.17, 15) is 9.18 Å². The minimum absolute atomic E-state index is 0.0493. The molecule has 1 spiro atoms. The van der Waals surface area contributed by atoms with Crippen LogP contribution in [0.15, 0.2) is 47.1 Å². The van der Waals surface area contributed by atoms with Gasteiger partial charge in [0.25, 0.3) is 0 Å². The predicted molar refractivity (Wildman–Crippen MR) is 96.7 cm³/mol. The Morgan fingerprint density at radius 2 is 2.04 bits per heavy atom. The van der Waals surface area contributed by atoms with Gasteiger partial charge in [-0.05, 0) is 61.9 Å². The normalized spacial score (nSPS) is 26.0. The average molecular weight is 356 g/mol. The molecule has 5 heteroatoms. The third-order valence-corrected chi connectivity index (χ3v) is 5.97. The van der Waals surface area contributed by atoms with Crippen molar-refractivity contribution in [1.29, 1.82) is 0 Å². The Morgan fingerprint density at radius 3 is 2.77 bits per heavy atom. The molecule has 1 aromatic heterocycles. The number of amides is 1. The Hall–Kier alpha value is -2.14. The third kappa shape index (κ3) is 3.54. The van der Waals surface area contributed by atoms with E-state index in [1.807, 2.05) is 23.1 Å². The Morgan fingerprint density at radius 1 is 1.19 bits per heavy atom. The van der Waals surface area contributed by atoms with E-state index in [1.54, 1.807) is 12.3 Å². The standard InChI is InChI=1S/C21H25FN2O2/c22-17-4-1-3-16(13-17)15-24-20(25)8-11-21(24)9-6-18(7-10-21)23-14-19-5-2-12-26-19/h1-5,12-13,18,23H,6-11,14-15H2. The summed E-state index contributed by atoms with van der Waals surface area (Å²) in [5.74, 6) is 0.916. The van der Waals surface area contributed by atoms with E-state index in [2.05, 4.69) is 5.32 Å². The summed E-state index contributed by atoms with van der Waals surface area (Å²) in [6.45, 7) is 1.26. The SMILES string of the molecule is O=C1CCC2(CCC(NCc3ccco3)CC2)N1Cc1cccc(F)c1. The summed E-state index contributed by atoms with van der Waals surface area (Å²) in [4.78, 5) is 14.5. The van der Waals surface area contributed by atoms with Crippen LogP contribution in [-0.4, -0.2) is 22.4 Å². The van der Waals surface area contributed by atoms with Crippen molar-refractivity contribution in [3.63, 3.8) is 0 Å². The Kier molecular flexibility index (Phi) is 4.81. The molecule has 1 amide bonds. The summed E-state index contributed by atoms with van der Waals surface area (Å²) in [5, 5.41) is 3.57. The number of halogens is 1. The lowest BCUT2D eigenvalue weighted by Crippen LogP contribution is -2.50. The Balaban J connectivity index is 1.38.